The second-order valence-corrected chi connectivity index (χ2v) is 8.24. The van der Waals surface area contributed by atoms with Crippen molar-refractivity contribution in [2.24, 2.45) is 5.92 Å². The lowest BCUT2D eigenvalue weighted by Crippen LogP contribution is -2.40. The second-order valence-electron chi connectivity index (χ2n) is 8.24. The molecule has 1 saturated carbocycles. The molecule has 0 spiro atoms. The van der Waals surface area contributed by atoms with Crippen LogP contribution in [-0.2, 0) is 4.79 Å². The molecule has 2 aliphatic rings. The minimum atomic E-state index is 0.484. The zero-order valence-corrected chi connectivity index (χ0v) is 16.2. The van der Waals surface area contributed by atoms with Gasteiger partial charge in [0, 0.05) is 31.1 Å². The highest BCUT2D eigenvalue weighted by atomic mass is 16.1. The first-order valence-electron chi connectivity index (χ1n) is 10.7. The van der Waals surface area contributed by atoms with Crippen molar-refractivity contribution in [1.29, 1.82) is 0 Å². The summed E-state index contributed by atoms with van der Waals surface area (Å²) in [5.74, 6) is 1.75. The normalized spacial score (nSPS) is 21.3. The number of amides is 1. The van der Waals surface area contributed by atoms with E-state index in [9.17, 15) is 4.79 Å². The van der Waals surface area contributed by atoms with Crippen molar-refractivity contribution in [2.45, 2.75) is 57.4 Å². The summed E-state index contributed by atoms with van der Waals surface area (Å²) in [7, 11) is 0. The first-order chi connectivity index (χ1) is 13.3. The van der Waals surface area contributed by atoms with E-state index < -0.39 is 0 Å². The largest absolute Gasteiger partial charge is 0.356 e. The fraction of sp³-hybridized carbons (Fsp3) is 0.565. The zero-order valence-electron chi connectivity index (χ0n) is 16.2. The van der Waals surface area contributed by atoms with Crippen LogP contribution in [0.3, 0.4) is 0 Å². The third kappa shape index (κ3) is 4.42. The molecule has 4 nitrogen and oxygen atoms in total. The molecule has 2 fully saturated rings. The summed E-state index contributed by atoms with van der Waals surface area (Å²) in [6.07, 6.45) is 11.0. The number of hydrogen-bond donors (Lipinski definition) is 0. The van der Waals surface area contributed by atoms with E-state index in [1.807, 2.05) is 0 Å². The lowest BCUT2D eigenvalue weighted by atomic mass is 9.92. The highest BCUT2D eigenvalue weighted by Gasteiger charge is 2.24. The van der Waals surface area contributed by atoms with Crippen LogP contribution in [0.15, 0.2) is 36.4 Å². The molecule has 1 aromatic carbocycles. The highest BCUT2D eigenvalue weighted by molar-refractivity contribution is 5.80. The van der Waals surface area contributed by atoms with Crippen molar-refractivity contribution < 1.29 is 4.79 Å². The Kier molecular flexibility index (Phi) is 5.90. The number of anilines is 1. The topological polar surface area (TPSA) is 36.4 Å². The number of para-hydroxylation sites is 1. The summed E-state index contributed by atoms with van der Waals surface area (Å²) in [5, 5.41) is 1.20. The number of piperidine rings is 1. The minimum Gasteiger partial charge on any atom is -0.356 e. The first-order valence-corrected chi connectivity index (χ1v) is 10.7. The van der Waals surface area contributed by atoms with Crippen LogP contribution in [0.4, 0.5) is 5.82 Å². The Hall–Kier alpha value is -2.10. The average molecular weight is 366 g/mol. The highest BCUT2D eigenvalue weighted by Crippen LogP contribution is 2.27. The molecule has 1 aliphatic carbocycles. The average Bonchev–Trinajstić information content (AvgIpc) is 2.75. The van der Waals surface area contributed by atoms with Gasteiger partial charge in [-0.25, -0.2) is 4.98 Å². The van der Waals surface area contributed by atoms with Crippen LogP contribution in [0.5, 0.6) is 0 Å². The fourth-order valence-electron chi connectivity index (χ4n) is 4.81. The molecule has 0 radical (unpaired) electrons. The summed E-state index contributed by atoms with van der Waals surface area (Å²) in [6.45, 7) is 3.06. The lowest BCUT2D eigenvalue weighted by molar-refractivity contribution is -0.121. The summed E-state index contributed by atoms with van der Waals surface area (Å²) < 4.78 is 0. The van der Waals surface area contributed by atoms with Crippen LogP contribution < -0.4 is 4.90 Å². The molecule has 1 unspecified atom stereocenters. The standard InChI is InChI=1S/C23H31N3O/c27-18-26(21-9-2-1-3-10-21)16-14-19-7-6-15-25(17-19)23-13-12-20-8-4-5-11-22(20)24-23/h4-5,8,11-13,18-19,21H,1-3,6-7,9-10,14-17H2. The Labute approximate surface area is 162 Å². The van der Waals surface area contributed by atoms with Gasteiger partial charge in [0.25, 0.3) is 0 Å². The third-order valence-electron chi connectivity index (χ3n) is 6.40. The number of benzene rings is 1. The number of aromatic nitrogens is 1. The van der Waals surface area contributed by atoms with E-state index in [4.69, 9.17) is 4.98 Å². The van der Waals surface area contributed by atoms with Gasteiger partial charge in [-0.1, -0.05) is 37.5 Å². The molecule has 144 valence electrons. The van der Waals surface area contributed by atoms with Crippen LogP contribution in [0.2, 0.25) is 0 Å². The zero-order chi connectivity index (χ0) is 18.5. The van der Waals surface area contributed by atoms with E-state index in [-0.39, 0.29) is 0 Å². The van der Waals surface area contributed by atoms with Crippen LogP contribution in [-0.4, -0.2) is 42.0 Å². The summed E-state index contributed by atoms with van der Waals surface area (Å²) in [6, 6.07) is 13.1. The van der Waals surface area contributed by atoms with Crippen LogP contribution in [0, 0.1) is 5.92 Å². The van der Waals surface area contributed by atoms with Crippen LogP contribution in [0.1, 0.15) is 51.4 Å². The maximum atomic E-state index is 11.6. The quantitative estimate of drug-likeness (QED) is 0.700. The number of nitrogens with zero attached hydrogens (tertiary/aromatic N) is 3. The minimum absolute atomic E-state index is 0.484. The molecule has 1 aliphatic heterocycles. The Balaban J connectivity index is 1.36. The molecule has 0 N–H and O–H groups in total. The third-order valence-corrected chi connectivity index (χ3v) is 6.40. The maximum absolute atomic E-state index is 11.6. The smallest absolute Gasteiger partial charge is 0.209 e. The van der Waals surface area contributed by atoms with Crippen molar-refractivity contribution in [3.05, 3.63) is 36.4 Å². The Morgan fingerprint density at radius 1 is 1.04 bits per heavy atom. The Bertz CT molecular complexity index is 756. The van der Waals surface area contributed by atoms with Gasteiger partial charge < -0.3 is 9.80 Å². The van der Waals surface area contributed by atoms with Crippen molar-refractivity contribution >= 4 is 23.1 Å². The van der Waals surface area contributed by atoms with Crippen molar-refractivity contribution in [3.63, 3.8) is 0 Å². The van der Waals surface area contributed by atoms with E-state index in [0.29, 0.717) is 12.0 Å². The lowest BCUT2D eigenvalue weighted by Gasteiger charge is -2.36. The van der Waals surface area contributed by atoms with Crippen molar-refractivity contribution in [1.82, 2.24) is 9.88 Å². The number of pyridine rings is 1. The number of rotatable bonds is 6. The van der Waals surface area contributed by atoms with Crippen molar-refractivity contribution in [2.75, 3.05) is 24.5 Å². The maximum Gasteiger partial charge on any atom is 0.209 e. The van der Waals surface area contributed by atoms with Gasteiger partial charge in [-0.05, 0) is 56.2 Å². The number of carbonyl (C=O) groups excluding carboxylic acids is 1. The van der Waals surface area contributed by atoms with Gasteiger partial charge >= 0.3 is 0 Å². The monoisotopic (exact) mass is 365 g/mol. The predicted molar refractivity (Wildman–Crippen MR) is 111 cm³/mol. The molecule has 2 aromatic rings. The molecular weight excluding hydrogens is 334 g/mol. The predicted octanol–water partition coefficient (Wildman–Crippen LogP) is 4.63. The molecule has 1 atom stereocenters. The summed E-state index contributed by atoms with van der Waals surface area (Å²) in [5.41, 5.74) is 1.07. The van der Waals surface area contributed by atoms with Crippen LogP contribution >= 0.6 is 0 Å². The van der Waals surface area contributed by atoms with Crippen LogP contribution in [0.25, 0.3) is 10.9 Å². The molecule has 0 bridgehead atoms. The van der Waals surface area contributed by atoms with Crippen molar-refractivity contribution in [3.8, 4) is 0 Å². The van der Waals surface area contributed by atoms with E-state index in [2.05, 4.69) is 46.2 Å². The number of hydrogen-bond acceptors (Lipinski definition) is 3. The molecule has 4 heteroatoms. The summed E-state index contributed by atoms with van der Waals surface area (Å²) in [4.78, 5) is 21.0. The van der Waals surface area contributed by atoms with Gasteiger partial charge in [0.2, 0.25) is 6.41 Å². The van der Waals surface area contributed by atoms with Gasteiger partial charge in [-0.15, -0.1) is 0 Å². The summed E-state index contributed by atoms with van der Waals surface area (Å²) >= 11 is 0. The van der Waals surface area contributed by atoms with Gasteiger partial charge in [-0.3, -0.25) is 4.79 Å². The van der Waals surface area contributed by atoms with Gasteiger partial charge in [0.05, 0.1) is 5.52 Å². The van der Waals surface area contributed by atoms with E-state index >= 15 is 0 Å². The fourth-order valence-corrected chi connectivity index (χ4v) is 4.81. The Morgan fingerprint density at radius 3 is 2.74 bits per heavy atom. The van der Waals surface area contributed by atoms with Gasteiger partial charge in [-0.2, -0.15) is 0 Å². The van der Waals surface area contributed by atoms with Gasteiger partial charge in [0.15, 0.2) is 0 Å². The van der Waals surface area contributed by atoms with Gasteiger partial charge in [0.1, 0.15) is 5.82 Å². The molecule has 1 saturated heterocycles. The first kappa shape index (κ1) is 18.3. The number of fused-ring (bicyclic) bond motifs is 1. The van der Waals surface area contributed by atoms with E-state index in [0.717, 1.165) is 43.8 Å². The molecule has 1 aromatic heterocycles. The molecule has 27 heavy (non-hydrogen) atoms. The van der Waals surface area contributed by atoms with E-state index in [1.165, 1.54) is 50.3 Å². The molecular formula is C23H31N3O. The molecule has 2 heterocycles. The number of carbonyl (C=O) groups is 1. The SMILES string of the molecule is O=CN(CCC1CCCN(c2ccc3ccccc3n2)C1)C1CCCCC1. The molecule has 1 amide bonds. The molecule has 4 rings (SSSR count). The Morgan fingerprint density at radius 2 is 1.89 bits per heavy atom. The second kappa shape index (κ2) is 8.73. The van der Waals surface area contributed by atoms with E-state index in [1.54, 1.807) is 0 Å².